The first-order chi connectivity index (χ1) is 8.70. The average molecular weight is 262 g/mol. The van der Waals surface area contributed by atoms with Crippen LogP contribution < -0.4 is 5.32 Å². The topological polar surface area (TPSA) is 62.2 Å². The van der Waals surface area contributed by atoms with Crippen LogP contribution in [0.3, 0.4) is 0 Å². The molecule has 0 spiro atoms. The summed E-state index contributed by atoms with van der Waals surface area (Å²) in [4.78, 5) is 16.6. The van der Waals surface area contributed by atoms with E-state index in [4.69, 9.17) is 5.11 Å². The number of carbonyl (C=O) groups is 1. The Morgan fingerprint density at radius 2 is 2.22 bits per heavy atom. The van der Waals surface area contributed by atoms with Crippen LogP contribution in [0.15, 0.2) is 29.8 Å². The molecule has 1 heterocycles. The molecule has 0 radical (unpaired) electrons. The largest absolute Gasteiger partial charge is 0.392 e. The number of thiazole rings is 1. The predicted octanol–water partition coefficient (Wildman–Crippen LogP) is 1.87. The van der Waals surface area contributed by atoms with Crippen LogP contribution in [-0.4, -0.2) is 16.0 Å². The number of nitrogens with zero attached hydrogens (tertiary/aromatic N) is 1. The third kappa shape index (κ3) is 2.94. The van der Waals surface area contributed by atoms with E-state index in [2.05, 4.69) is 10.3 Å². The molecule has 0 unspecified atom stereocenters. The van der Waals surface area contributed by atoms with Gasteiger partial charge < -0.3 is 10.4 Å². The fourth-order valence-corrected chi connectivity index (χ4v) is 2.34. The second-order valence-corrected chi connectivity index (χ2v) is 4.78. The van der Waals surface area contributed by atoms with E-state index in [1.807, 2.05) is 31.2 Å². The second kappa shape index (κ2) is 5.75. The summed E-state index contributed by atoms with van der Waals surface area (Å²) in [5.41, 5.74) is 4.23. The average Bonchev–Trinajstić information content (AvgIpc) is 2.82. The summed E-state index contributed by atoms with van der Waals surface area (Å²) in [6.45, 7) is 2.28. The van der Waals surface area contributed by atoms with Crippen molar-refractivity contribution in [3.8, 4) is 0 Å². The number of hydrogen-bond donors (Lipinski definition) is 2. The van der Waals surface area contributed by atoms with Gasteiger partial charge in [-0.25, -0.2) is 4.98 Å². The molecule has 0 aliphatic carbocycles. The van der Waals surface area contributed by atoms with Crippen molar-refractivity contribution < 1.29 is 9.90 Å². The summed E-state index contributed by atoms with van der Waals surface area (Å²) >= 11 is 1.34. The molecule has 2 aromatic rings. The summed E-state index contributed by atoms with van der Waals surface area (Å²) in [7, 11) is 0. The van der Waals surface area contributed by atoms with E-state index in [0.717, 1.165) is 16.8 Å². The van der Waals surface area contributed by atoms with Crippen LogP contribution in [0.25, 0.3) is 0 Å². The van der Waals surface area contributed by atoms with E-state index in [0.29, 0.717) is 11.4 Å². The van der Waals surface area contributed by atoms with Gasteiger partial charge >= 0.3 is 0 Å². The smallest absolute Gasteiger partial charge is 0.263 e. The zero-order chi connectivity index (χ0) is 13.0. The second-order valence-electron chi connectivity index (χ2n) is 3.93. The third-order valence-electron chi connectivity index (χ3n) is 2.58. The van der Waals surface area contributed by atoms with Gasteiger partial charge in [0.05, 0.1) is 17.8 Å². The maximum Gasteiger partial charge on any atom is 0.263 e. The molecular weight excluding hydrogens is 248 g/mol. The summed E-state index contributed by atoms with van der Waals surface area (Å²) in [5, 5.41) is 11.9. The number of benzene rings is 1. The van der Waals surface area contributed by atoms with Crippen LogP contribution in [0.4, 0.5) is 0 Å². The van der Waals surface area contributed by atoms with Gasteiger partial charge in [-0.1, -0.05) is 24.3 Å². The highest BCUT2D eigenvalue weighted by Gasteiger charge is 2.10. The van der Waals surface area contributed by atoms with Crippen molar-refractivity contribution in [1.29, 1.82) is 0 Å². The Kier molecular flexibility index (Phi) is 4.07. The number of aryl methyl sites for hydroxylation is 1. The molecule has 1 aromatic heterocycles. The highest BCUT2D eigenvalue weighted by atomic mass is 32.1. The lowest BCUT2D eigenvalue weighted by atomic mass is 10.1. The Bertz CT molecular complexity index is 551. The highest BCUT2D eigenvalue weighted by molar-refractivity contribution is 7.11. The number of carbonyl (C=O) groups excluding carboxylic acids is 1. The lowest BCUT2D eigenvalue weighted by Crippen LogP contribution is -2.22. The first-order valence-electron chi connectivity index (χ1n) is 5.57. The minimum Gasteiger partial charge on any atom is -0.392 e. The fraction of sp³-hybridized carbons (Fsp3) is 0.231. The van der Waals surface area contributed by atoms with Crippen molar-refractivity contribution in [1.82, 2.24) is 10.3 Å². The summed E-state index contributed by atoms with van der Waals surface area (Å²) in [6.07, 6.45) is 0. The van der Waals surface area contributed by atoms with E-state index in [-0.39, 0.29) is 12.5 Å². The summed E-state index contributed by atoms with van der Waals surface area (Å²) in [5.74, 6) is -0.107. The Morgan fingerprint density at radius 1 is 1.44 bits per heavy atom. The van der Waals surface area contributed by atoms with Crippen molar-refractivity contribution in [3.05, 3.63) is 51.5 Å². The number of rotatable bonds is 4. The number of aliphatic hydroxyl groups excluding tert-OH is 1. The molecule has 2 rings (SSSR count). The van der Waals surface area contributed by atoms with Gasteiger partial charge in [0.2, 0.25) is 0 Å². The van der Waals surface area contributed by atoms with Crippen LogP contribution in [0.2, 0.25) is 0 Å². The summed E-state index contributed by atoms with van der Waals surface area (Å²) < 4.78 is 0. The van der Waals surface area contributed by atoms with Crippen LogP contribution in [0.1, 0.15) is 26.5 Å². The Hall–Kier alpha value is -1.72. The first kappa shape index (κ1) is 12.7. The standard InChI is InChI=1S/C13H14N2O2S/c1-9-12(18-8-15-9)13(17)14-6-10-3-2-4-11(5-10)7-16/h2-5,8,16H,6-7H2,1H3,(H,14,17). The molecule has 0 saturated heterocycles. The molecule has 4 nitrogen and oxygen atoms in total. The van der Waals surface area contributed by atoms with Gasteiger partial charge in [-0.05, 0) is 18.1 Å². The highest BCUT2D eigenvalue weighted by Crippen LogP contribution is 2.12. The van der Waals surface area contributed by atoms with Gasteiger partial charge in [0.15, 0.2) is 0 Å². The van der Waals surface area contributed by atoms with Gasteiger partial charge in [-0.15, -0.1) is 11.3 Å². The number of aliphatic hydroxyl groups is 1. The van der Waals surface area contributed by atoms with Crippen LogP contribution in [0.5, 0.6) is 0 Å². The van der Waals surface area contributed by atoms with Gasteiger partial charge in [0.25, 0.3) is 5.91 Å². The number of aromatic nitrogens is 1. The molecule has 94 valence electrons. The van der Waals surface area contributed by atoms with Gasteiger partial charge in [0, 0.05) is 6.54 Å². The molecule has 5 heteroatoms. The predicted molar refractivity (Wildman–Crippen MR) is 70.4 cm³/mol. The molecular formula is C13H14N2O2S. The van der Waals surface area contributed by atoms with Crippen molar-refractivity contribution in [3.63, 3.8) is 0 Å². The molecule has 0 fully saturated rings. The van der Waals surface area contributed by atoms with Crippen molar-refractivity contribution in [2.75, 3.05) is 0 Å². The van der Waals surface area contributed by atoms with Gasteiger partial charge in [-0.2, -0.15) is 0 Å². The third-order valence-corrected chi connectivity index (χ3v) is 3.51. The first-order valence-corrected chi connectivity index (χ1v) is 6.45. The fourth-order valence-electron chi connectivity index (χ4n) is 1.62. The molecule has 0 aliphatic rings. The van der Waals surface area contributed by atoms with E-state index in [1.54, 1.807) is 5.51 Å². The maximum atomic E-state index is 11.9. The van der Waals surface area contributed by atoms with E-state index >= 15 is 0 Å². The normalized spacial score (nSPS) is 10.3. The molecule has 0 bridgehead atoms. The maximum absolute atomic E-state index is 11.9. The lowest BCUT2D eigenvalue weighted by Gasteiger charge is -2.05. The van der Waals surface area contributed by atoms with Crippen molar-refractivity contribution in [2.24, 2.45) is 0 Å². The Morgan fingerprint density at radius 3 is 2.89 bits per heavy atom. The molecule has 18 heavy (non-hydrogen) atoms. The molecule has 2 N–H and O–H groups in total. The van der Waals surface area contributed by atoms with Crippen LogP contribution >= 0.6 is 11.3 Å². The Labute approximate surface area is 109 Å². The zero-order valence-electron chi connectivity index (χ0n) is 10.0. The minimum absolute atomic E-state index is 0.00966. The SMILES string of the molecule is Cc1ncsc1C(=O)NCc1cccc(CO)c1. The molecule has 0 aliphatic heterocycles. The number of nitrogens with one attached hydrogen (secondary N) is 1. The van der Waals surface area contributed by atoms with E-state index < -0.39 is 0 Å². The monoisotopic (exact) mass is 262 g/mol. The van der Waals surface area contributed by atoms with Crippen molar-refractivity contribution in [2.45, 2.75) is 20.1 Å². The molecule has 0 saturated carbocycles. The van der Waals surface area contributed by atoms with Crippen LogP contribution in [-0.2, 0) is 13.2 Å². The van der Waals surface area contributed by atoms with E-state index in [1.165, 1.54) is 11.3 Å². The zero-order valence-corrected chi connectivity index (χ0v) is 10.8. The Balaban J connectivity index is 1.99. The van der Waals surface area contributed by atoms with Gasteiger partial charge in [-0.3, -0.25) is 4.79 Å². The minimum atomic E-state index is -0.107. The van der Waals surface area contributed by atoms with E-state index in [9.17, 15) is 4.79 Å². The van der Waals surface area contributed by atoms with Gasteiger partial charge in [0.1, 0.15) is 4.88 Å². The number of amides is 1. The van der Waals surface area contributed by atoms with Crippen molar-refractivity contribution >= 4 is 17.2 Å². The summed E-state index contributed by atoms with van der Waals surface area (Å²) in [6, 6.07) is 7.50. The lowest BCUT2D eigenvalue weighted by molar-refractivity contribution is 0.0954. The quantitative estimate of drug-likeness (QED) is 0.884. The molecule has 0 atom stereocenters. The number of hydrogen-bond acceptors (Lipinski definition) is 4. The molecule has 1 amide bonds. The molecule has 1 aromatic carbocycles. The van der Waals surface area contributed by atoms with Crippen LogP contribution in [0, 0.1) is 6.92 Å².